The number of piperidine rings is 1. The van der Waals surface area contributed by atoms with Gasteiger partial charge in [0.1, 0.15) is 5.75 Å². The lowest BCUT2D eigenvalue weighted by Crippen LogP contribution is -2.35. The summed E-state index contributed by atoms with van der Waals surface area (Å²) in [6.07, 6.45) is 3.77. The Kier molecular flexibility index (Phi) is 4.37. The van der Waals surface area contributed by atoms with Crippen molar-refractivity contribution in [3.63, 3.8) is 0 Å². The maximum atomic E-state index is 12.3. The van der Waals surface area contributed by atoms with Gasteiger partial charge in [-0.05, 0) is 38.1 Å². The molecule has 0 spiro atoms. The molecule has 2 rings (SSSR count). The average molecular weight is 247 g/mol. The van der Waals surface area contributed by atoms with Crippen LogP contribution in [0, 0.1) is 5.92 Å². The Hall–Kier alpha value is -1.35. The quantitative estimate of drug-likeness (QED) is 0.832. The Bertz CT molecular complexity index is 411. The molecule has 1 atom stereocenters. The summed E-state index contributed by atoms with van der Waals surface area (Å²) < 4.78 is 0. The van der Waals surface area contributed by atoms with Crippen molar-refractivity contribution >= 4 is 5.78 Å². The fraction of sp³-hybridized carbons (Fsp3) is 0.533. The molecule has 0 saturated carbocycles. The monoisotopic (exact) mass is 247 g/mol. The Labute approximate surface area is 108 Å². The van der Waals surface area contributed by atoms with Crippen molar-refractivity contribution in [1.29, 1.82) is 0 Å². The van der Waals surface area contributed by atoms with Crippen LogP contribution in [0.2, 0.25) is 0 Å². The van der Waals surface area contributed by atoms with E-state index in [2.05, 4.69) is 4.90 Å². The summed E-state index contributed by atoms with van der Waals surface area (Å²) in [4.78, 5) is 14.6. The van der Waals surface area contributed by atoms with E-state index in [-0.39, 0.29) is 17.5 Å². The number of likely N-dealkylation sites (tertiary alicyclic amines) is 1. The Balaban J connectivity index is 1.98. The molecule has 3 nitrogen and oxygen atoms in total. The Morgan fingerprint density at radius 1 is 1.28 bits per heavy atom. The molecular weight excluding hydrogens is 226 g/mol. The van der Waals surface area contributed by atoms with Gasteiger partial charge in [0.05, 0.1) is 5.56 Å². The number of carbonyl (C=O) groups excluding carboxylic acids is 1. The van der Waals surface area contributed by atoms with Gasteiger partial charge in [-0.25, -0.2) is 0 Å². The van der Waals surface area contributed by atoms with Gasteiger partial charge in [0.25, 0.3) is 0 Å². The van der Waals surface area contributed by atoms with E-state index >= 15 is 0 Å². The number of nitrogens with zero attached hydrogens (tertiary/aromatic N) is 1. The van der Waals surface area contributed by atoms with Gasteiger partial charge in [-0.1, -0.05) is 25.5 Å². The lowest BCUT2D eigenvalue weighted by Gasteiger charge is -2.28. The highest BCUT2D eigenvalue weighted by molar-refractivity contribution is 6.00. The summed E-state index contributed by atoms with van der Waals surface area (Å²) in [5.74, 6) is 0.0723. The first-order valence-electron chi connectivity index (χ1n) is 6.73. The molecule has 18 heavy (non-hydrogen) atoms. The molecular formula is C15H21NO2. The van der Waals surface area contributed by atoms with Gasteiger partial charge in [-0.15, -0.1) is 0 Å². The molecule has 0 bridgehead atoms. The average Bonchev–Trinajstić information content (AvgIpc) is 2.39. The van der Waals surface area contributed by atoms with E-state index in [1.54, 1.807) is 24.3 Å². The zero-order valence-corrected chi connectivity index (χ0v) is 10.9. The van der Waals surface area contributed by atoms with Crippen LogP contribution in [0.25, 0.3) is 0 Å². The normalized spacial score (nSPS) is 18.5. The van der Waals surface area contributed by atoms with Crippen LogP contribution in [0.15, 0.2) is 24.3 Å². The molecule has 1 heterocycles. The van der Waals surface area contributed by atoms with E-state index in [0.717, 1.165) is 19.6 Å². The number of para-hydroxylation sites is 1. The second kappa shape index (κ2) is 6.01. The lowest BCUT2D eigenvalue weighted by atomic mass is 9.97. The standard InChI is InChI=1S/C15H21NO2/c1-12(11-16-9-5-2-6-10-16)15(18)13-7-3-4-8-14(13)17/h3-4,7-8,12,17H,2,5-6,9-11H2,1H3. The molecule has 1 aliphatic heterocycles. The summed E-state index contributed by atoms with van der Waals surface area (Å²) in [6.45, 7) is 4.94. The maximum Gasteiger partial charge on any atom is 0.170 e. The van der Waals surface area contributed by atoms with Crippen LogP contribution >= 0.6 is 0 Å². The van der Waals surface area contributed by atoms with Crippen LogP contribution in [-0.2, 0) is 0 Å². The number of aromatic hydroxyl groups is 1. The van der Waals surface area contributed by atoms with Crippen LogP contribution in [0.4, 0.5) is 0 Å². The number of benzene rings is 1. The molecule has 3 heteroatoms. The fourth-order valence-corrected chi connectivity index (χ4v) is 2.56. The number of rotatable bonds is 4. The summed E-state index contributed by atoms with van der Waals surface area (Å²) in [5.41, 5.74) is 0.446. The highest BCUT2D eigenvalue weighted by Crippen LogP contribution is 2.21. The number of Topliss-reactive ketones (excluding diaryl/α,β-unsaturated/α-hetero) is 1. The van der Waals surface area contributed by atoms with Gasteiger partial charge in [0.15, 0.2) is 5.78 Å². The molecule has 0 aliphatic carbocycles. The number of hydrogen-bond donors (Lipinski definition) is 1. The second-order valence-corrected chi connectivity index (χ2v) is 5.14. The molecule has 1 aromatic rings. The van der Waals surface area contributed by atoms with Crippen molar-refractivity contribution in [3.8, 4) is 5.75 Å². The van der Waals surface area contributed by atoms with E-state index in [1.807, 2.05) is 6.92 Å². The van der Waals surface area contributed by atoms with Crippen molar-refractivity contribution in [2.45, 2.75) is 26.2 Å². The second-order valence-electron chi connectivity index (χ2n) is 5.14. The van der Waals surface area contributed by atoms with Crippen LogP contribution in [-0.4, -0.2) is 35.4 Å². The molecule has 1 aromatic carbocycles. The van der Waals surface area contributed by atoms with Crippen molar-refractivity contribution < 1.29 is 9.90 Å². The fourth-order valence-electron chi connectivity index (χ4n) is 2.56. The topological polar surface area (TPSA) is 40.5 Å². The van der Waals surface area contributed by atoms with Gasteiger partial charge < -0.3 is 10.0 Å². The number of phenolic OH excluding ortho intramolecular Hbond substituents is 1. The number of hydrogen-bond acceptors (Lipinski definition) is 3. The van der Waals surface area contributed by atoms with Crippen LogP contribution in [0.3, 0.4) is 0 Å². The lowest BCUT2D eigenvalue weighted by molar-refractivity contribution is 0.0881. The molecule has 1 saturated heterocycles. The van der Waals surface area contributed by atoms with Crippen molar-refractivity contribution in [2.75, 3.05) is 19.6 Å². The third kappa shape index (κ3) is 3.10. The zero-order chi connectivity index (χ0) is 13.0. The van der Waals surface area contributed by atoms with Gasteiger partial charge in [0.2, 0.25) is 0 Å². The number of carbonyl (C=O) groups is 1. The molecule has 1 aliphatic rings. The molecule has 1 N–H and O–H groups in total. The van der Waals surface area contributed by atoms with E-state index in [4.69, 9.17) is 0 Å². The predicted molar refractivity (Wildman–Crippen MR) is 71.9 cm³/mol. The van der Waals surface area contributed by atoms with Gasteiger partial charge in [-0.2, -0.15) is 0 Å². The molecule has 1 fully saturated rings. The molecule has 1 unspecified atom stereocenters. The number of phenols is 1. The van der Waals surface area contributed by atoms with Crippen molar-refractivity contribution in [2.24, 2.45) is 5.92 Å². The van der Waals surface area contributed by atoms with Gasteiger partial charge in [-0.3, -0.25) is 4.79 Å². The zero-order valence-electron chi connectivity index (χ0n) is 10.9. The van der Waals surface area contributed by atoms with E-state index in [9.17, 15) is 9.90 Å². The predicted octanol–water partition coefficient (Wildman–Crippen LogP) is 2.70. The third-order valence-electron chi connectivity index (χ3n) is 3.60. The summed E-state index contributed by atoms with van der Waals surface area (Å²) in [7, 11) is 0. The summed E-state index contributed by atoms with van der Waals surface area (Å²) in [5, 5.41) is 9.70. The summed E-state index contributed by atoms with van der Waals surface area (Å²) in [6, 6.07) is 6.80. The molecule has 0 amide bonds. The number of ketones is 1. The highest BCUT2D eigenvalue weighted by Gasteiger charge is 2.21. The van der Waals surface area contributed by atoms with Crippen LogP contribution < -0.4 is 0 Å². The Morgan fingerprint density at radius 2 is 1.94 bits per heavy atom. The van der Waals surface area contributed by atoms with Crippen LogP contribution in [0.5, 0.6) is 5.75 Å². The molecule has 98 valence electrons. The highest BCUT2D eigenvalue weighted by atomic mass is 16.3. The summed E-state index contributed by atoms with van der Waals surface area (Å²) >= 11 is 0. The third-order valence-corrected chi connectivity index (χ3v) is 3.60. The van der Waals surface area contributed by atoms with E-state index in [0.29, 0.717) is 5.56 Å². The van der Waals surface area contributed by atoms with Crippen molar-refractivity contribution in [1.82, 2.24) is 4.90 Å². The molecule has 0 aromatic heterocycles. The smallest absolute Gasteiger partial charge is 0.170 e. The van der Waals surface area contributed by atoms with Crippen LogP contribution in [0.1, 0.15) is 36.5 Å². The van der Waals surface area contributed by atoms with Gasteiger partial charge in [0, 0.05) is 12.5 Å². The minimum Gasteiger partial charge on any atom is -0.507 e. The Morgan fingerprint density at radius 3 is 2.61 bits per heavy atom. The van der Waals surface area contributed by atoms with Crippen molar-refractivity contribution in [3.05, 3.63) is 29.8 Å². The van der Waals surface area contributed by atoms with E-state index < -0.39 is 0 Å². The maximum absolute atomic E-state index is 12.3. The first-order chi connectivity index (χ1) is 8.68. The first-order valence-corrected chi connectivity index (χ1v) is 6.73. The molecule has 0 radical (unpaired) electrons. The SMILES string of the molecule is CC(CN1CCCCC1)C(=O)c1ccccc1O. The van der Waals surface area contributed by atoms with Gasteiger partial charge >= 0.3 is 0 Å². The van der Waals surface area contributed by atoms with E-state index in [1.165, 1.54) is 19.3 Å². The largest absolute Gasteiger partial charge is 0.507 e. The first kappa shape index (κ1) is 13.1. The minimum atomic E-state index is -0.0589. The minimum absolute atomic E-state index is 0.0404.